The van der Waals surface area contributed by atoms with Crippen LogP contribution < -0.4 is 11.5 Å². The summed E-state index contributed by atoms with van der Waals surface area (Å²) in [6.07, 6.45) is 2.85. The van der Waals surface area contributed by atoms with Gasteiger partial charge < -0.3 is 11.5 Å². The first-order valence-electron chi connectivity index (χ1n) is 5.39. The van der Waals surface area contributed by atoms with Crippen molar-refractivity contribution in [1.29, 1.82) is 0 Å². The van der Waals surface area contributed by atoms with E-state index in [1.165, 1.54) is 29.2 Å². The second kappa shape index (κ2) is 4.58. The van der Waals surface area contributed by atoms with Crippen LogP contribution in [0.25, 0.3) is 5.69 Å². The van der Waals surface area contributed by atoms with Crippen molar-refractivity contribution in [2.75, 3.05) is 0 Å². The van der Waals surface area contributed by atoms with Gasteiger partial charge in [0, 0.05) is 12.2 Å². The molecule has 1 heterocycles. The van der Waals surface area contributed by atoms with Crippen molar-refractivity contribution < 1.29 is 9.18 Å². The predicted octanol–water partition coefficient (Wildman–Crippen LogP) is 1.13. The van der Waals surface area contributed by atoms with Gasteiger partial charge in [0.25, 0.3) is 5.91 Å². The van der Waals surface area contributed by atoms with Gasteiger partial charge in [0.15, 0.2) is 0 Å². The van der Waals surface area contributed by atoms with Gasteiger partial charge in [-0.05, 0) is 30.7 Å². The molecule has 1 unspecified atom stereocenters. The molecule has 0 saturated heterocycles. The molecule has 1 aromatic carbocycles. The lowest BCUT2D eigenvalue weighted by atomic mass is 10.1. The van der Waals surface area contributed by atoms with Crippen molar-refractivity contribution in [3.05, 3.63) is 47.5 Å². The summed E-state index contributed by atoms with van der Waals surface area (Å²) in [6, 6.07) is 3.88. The molecular formula is C12H13FN4O. The topological polar surface area (TPSA) is 86.9 Å². The highest BCUT2D eigenvalue weighted by Crippen LogP contribution is 2.21. The van der Waals surface area contributed by atoms with E-state index >= 15 is 0 Å². The molecule has 1 atom stereocenters. The van der Waals surface area contributed by atoms with E-state index in [1.807, 2.05) is 0 Å². The number of aromatic nitrogens is 2. The Hall–Kier alpha value is -2.21. The molecule has 0 saturated carbocycles. The van der Waals surface area contributed by atoms with Crippen LogP contribution in [0.15, 0.2) is 30.6 Å². The lowest BCUT2D eigenvalue weighted by Crippen LogP contribution is -2.11. The molecule has 0 aliphatic heterocycles. The standard InChI is InChI=1S/C12H13FN4O/c1-7(14)10-4-9(13)2-3-11(10)17-6-8(5-16-17)12(15)18/h2-7H,14H2,1H3,(H2,15,18). The molecule has 0 spiro atoms. The van der Waals surface area contributed by atoms with Gasteiger partial charge in [0.05, 0.1) is 17.4 Å². The van der Waals surface area contributed by atoms with Gasteiger partial charge in [-0.15, -0.1) is 0 Å². The third-order valence-corrected chi connectivity index (χ3v) is 2.59. The van der Waals surface area contributed by atoms with Crippen LogP contribution in [0, 0.1) is 5.82 Å². The van der Waals surface area contributed by atoms with Gasteiger partial charge in [0.1, 0.15) is 5.82 Å². The molecule has 5 nitrogen and oxygen atoms in total. The van der Waals surface area contributed by atoms with Crippen molar-refractivity contribution in [2.24, 2.45) is 11.5 Å². The first kappa shape index (κ1) is 12.3. The number of amides is 1. The van der Waals surface area contributed by atoms with E-state index in [-0.39, 0.29) is 17.4 Å². The van der Waals surface area contributed by atoms with E-state index in [1.54, 1.807) is 13.0 Å². The molecule has 6 heteroatoms. The normalized spacial score (nSPS) is 12.4. The predicted molar refractivity (Wildman–Crippen MR) is 64.6 cm³/mol. The molecular weight excluding hydrogens is 235 g/mol. The minimum absolute atomic E-state index is 0.287. The number of hydrogen-bond acceptors (Lipinski definition) is 3. The zero-order chi connectivity index (χ0) is 13.3. The van der Waals surface area contributed by atoms with Gasteiger partial charge in [-0.1, -0.05) is 0 Å². The van der Waals surface area contributed by atoms with Crippen molar-refractivity contribution in [1.82, 2.24) is 9.78 Å². The molecule has 1 aromatic heterocycles. The fourth-order valence-electron chi connectivity index (χ4n) is 1.68. The molecule has 0 bridgehead atoms. The molecule has 94 valence electrons. The van der Waals surface area contributed by atoms with Crippen LogP contribution in [-0.4, -0.2) is 15.7 Å². The van der Waals surface area contributed by atoms with Crippen LogP contribution in [0.2, 0.25) is 0 Å². The average molecular weight is 248 g/mol. The second-order valence-corrected chi connectivity index (χ2v) is 4.03. The van der Waals surface area contributed by atoms with E-state index in [9.17, 15) is 9.18 Å². The SMILES string of the molecule is CC(N)c1cc(F)ccc1-n1cc(C(N)=O)cn1. The average Bonchev–Trinajstić information content (AvgIpc) is 2.78. The van der Waals surface area contributed by atoms with Crippen molar-refractivity contribution >= 4 is 5.91 Å². The van der Waals surface area contributed by atoms with Crippen molar-refractivity contribution in [3.8, 4) is 5.69 Å². The van der Waals surface area contributed by atoms with E-state index in [0.717, 1.165) is 0 Å². The lowest BCUT2D eigenvalue weighted by Gasteiger charge is -2.12. The summed E-state index contributed by atoms with van der Waals surface area (Å²) in [5.41, 5.74) is 12.5. The number of halogens is 1. The Morgan fingerprint density at radius 1 is 1.50 bits per heavy atom. The second-order valence-electron chi connectivity index (χ2n) is 4.03. The van der Waals surface area contributed by atoms with Gasteiger partial charge in [-0.3, -0.25) is 4.79 Å². The lowest BCUT2D eigenvalue weighted by molar-refractivity contribution is 0.100. The smallest absolute Gasteiger partial charge is 0.251 e. The van der Waals surface area contributed by atoms with E-state index in [4.69, 9.17) is 11.5 Å². The maximum absolute atomic E-state index is 13.2. The first-order chi connectivity index (χ1) is 8.49. The molecule has 0 aliphatic rings. The summed E-state index contributed by atoms with van der Waals surface area (Å²) in [5.74, 6) is -0.931. The van der Waals surface area contributed by atoms with Crippen LogP contribution >= 0.6 is 0 Å². The van der Waals surface area contributed by atoms with Crippen LogP contribution in [0.4, 0.5) is 4.39 Å². The number of carbonyl (C=O) groups excluding carboxylic acids is 1. The maximum atomic E-state index is 13.2. The molecule has 2 rings (SSSR count). The van der Waals surface area contributed by atoms with Gasteiger partial charge in [0.2, 0.25) is 0 Å². The van der Waals surface area contributed by atoms with E-state index in [0.29, 0.717) is 11.3 Å². The largest absolute Gasteiger partial charge is 0.366 e. The van der Waals surface area contributed by atoms with Gasteiger partial charge in [-0.25, -0.2) is 9.07 Å². The maximum Gasteiger partial charge on any atom is 0.251 e. The first-order valence-corrected chi connectivity index (χ1v) is 5.39. The Labute approximate surface area is 103 Å². The zero-order valence-electron chi connectivity index (χ0n) is 9.80. The summed E-state index contributed by atoms with van der Waals surface area (Å²) in [6.45, 7) is 1.75. The van der Waals surface area contributed by atoms with Crippen molar-refractivity contribution in [2.45, 2.75) is 13.0 Å². The summed E-state index contributed by atoms with van der Waals surface area (Å²) in [4.78, 5) is 11.0. The summed E-state index contributed by atoms with van der Waals surface area (Å²) in [5, 5.41) is 4.02. The van der Waals surface area contributed by atoms with Gasteiger partial charge >= 0.3 is 0 Å². The number of primary amides is 1. The number of hydrogen-bond donors (Lipinski definition) is 2. The molecule has 18 heavy (non-hydrogen) atoms. The Bertz CT molecular complexity index is 592. The fourth-order valence-corrected chi connectivity index (χ4v) is 1.68. The van der Waals surface area contributed by atoms with E-state index in [2.05, 4.69) is 5.10 Å². The van der Waals surface area contributed by atoms with Crippen LogP contribution in [0.1, 0.15) is 28.9 Å². The Morgan fingerprint density at radius 3 is 2.78 bits per heavy atom. The summed E-state index contributed by atoms with van der Waals surface area (Å²) < 4.78 is 14.7. The highest BCUT2D eigenvalue weighted by molar-refractivity contribution is 5.92. The Balaban J connectivity index is 2.52. The van der Waals surface area contributed by atoms with Crippen LogP contribution in [0.3, 0.4) is 0 Å². The minimum Gasteiger partial charge on any atom is -0.366 e. The van der Waals surface area contributed by atoms with Gasteiger partial charge in [-0.2, -0.15) is 5.10 Å². The Morgan fingerprint density at radius 2 is 2.22 bits per heavy atom. The third kappa shape index (κ3) is 2.23. The molecule has 4 N–H and O–H groups in total. The Kier molecular flexibility index (Phi) is 3.12. The summed E-state index contributed by atoms with van der Waals surface area (Å²) >= 11 is 0. The molecule has 0 fully saturated rings. The highest BCUT2D eigenvalue weighted by Gasteiger charge is 2.12. The number of rotatable bonds is 3. The summed E-state index contributed by atoms with van der Waals surface area (Å²) in [7, 11) is 0. The molecule has 0 radical (unpaired) electrons. The third-order valence-electron chi connectivity index (χ3n) is 2.59. The van der Waals surface area contributed by atoms with Crippen LogP contribution in [-0.2, 0) is 0 Å². The number of carbonyl (C=O) groups is 1. The van der Waals surface area contributed by atoms with E-state index < -0.39 is 5.91 Å². The van der Waals surface area contributed by atoms with Crippen molar-refractivity contribution in [3.63, 3.8) is 0 Å². The molecule has 1 amide bonds. The highest BCUT2D eigenvalue weighted by atomic mass is 19.1. The quantitative estimate of drug-likeness (QED) is 0.853. The minimum atomic E-state index is -0.564. The number of benzene rings is 1. The number of nitrogens with zero attached hydrogens (tertiary/aromatic N) is 2. The molecule has 0 aliphatic carbocycles. The fraction of sp³-hybridized carbons (Fsp3) is 0.167. The number of nitrogens with two attached hydrogens (primary N) is 2. The molecule has 2 aromatic rings. The van der Waals surface area contributed by atoms with Crippen LogP contribution in [0.5, 0.6) is 0 Å². The monoisotopic (exact) mass is 248 g/mol. The zero-order valence-corrected chi connectivity index (χ0v) is 9.80.